The fraction of sp³-hybridized carbons (Fsp3) is 0.188. The Balaban J connectivity index is 2.06. The SMILES string of the molecule is CCn1c(C)cc(=O)c2cc(C(=O)Nc3nccs3)ccc21. The second-order valence-electron chi connectivity index (χ2n) is 4.92. The number of carbonyl (C=O) groups excluding carboxylic acids is 1. The smallest absolute Gasteiger partial charge is 0.257 e. The molecule has 6 heteroatoms. The molecule has 0 saturated heterocycles. The number of aromatic nitrogens is 2. The summed E-state index contributed by atoms with van der Waals surface area (Å²) < 4.78 is 2.05. The number of rotatable bonds is 3. The molecule has 0 aliphatic carbocycles. The Labute approximate surface area is 131 Å². The fourth-order valence-corrected chi connectivity index (χ4v) is 3.04. The number of amides is 1. The molecular weight excluding hydrogens is 298 g/mol. The topological polar surface area (TPSA) is 64.0 Å². The van der Waals surface area contributed by atoms with E-state index in [0.717, 1.165) is 17.8 Å². The Hall–Kier alpha value is -2.47. The van der Waals surface area contributed by atoms with Gasteiger partial charge in [0.05, 0.1) is 5.52 Å². The molecule has 2 aromatic heterocycles. The molecule has 0 radical (unpaired) electrons. The standard InChI is InChI=1S/C16H15N3O2S/c1-3-19-10(2)8-14(20)12-9-11(4-5-13(12)19)15(21)18-16-17-6-7-22-16/h4-9H,3H2,1-2H3,(H,17,18,21). The molecule has 3 aromatic rings. The number of benzene rings is 1. The Morgan fingerprint density at radius 2 is 2.18 bits per heavy atom. The van der Waals surface area contributed by atoms with Crippen molar-refractivity contribution < 1.29 is 4.79 Å². The van der Waals surface area contributed by atoms with Gasteiger partial charge in [-0.2, -0.15) is 0 Å². The number of carbonyl (C=O) groups is 1. The largest absolute Gasteiger partial charge is 0.345 e. The summed E-state index contributed by atoms with van der Waals surface area (Å²) in [5.41, 5.74) is 2.14. The summed E-state index contributed by atoms with van der Waals surface area (Å²) in [6, 6.07) is 6.81. The summed E-state index contributed by atoms with van der Waals surface area (Å²) in [6.45, 7) is 4.71. The first kappa shape index (κ1) is 14.5. The number of hydrogen-bond donors (Lipinski definition) is 1. The Morgan fingerprint density at radius 1 is 1.36 bits per heavy atom. The van der Waals surface area contributed by atoms with Crippen molar-refractivity contribution in [2.45, 2.75) is 20.4 Å². The maximum absolute atomic E-state index is 12.2. The molecule has 2 heterocycles. The van der Waals surface area contributed by atoms with E-state index in [4.69, 9.17) is 0 Å². The van der Waals surface area contributed by atoms with Crippen LogP contribution in [0.4, 0.5) is 5.13 Å². The minimum atomic E-state index is -0.264. The van der Waals surface area contributed by atoms with Gasteiger partial charge in [-0.3, -0.25) is 14.9 Å². The maximum atomic E-state index is 12.2. The van der Waals surface area contributed by atoms with Crippen LogP contribution in [0.3, 0.4) is 0 Å². The molecule has 0 aliphatic rings. The highest BCUT2D eigenvalue weighted by atomic mass is 32.1. The molecule has 0 atom stereocenters. The highest BCUT2D eigenvalue weighted by Crippen LogP contribution is 2.17. The van der Waals surface area contributed by atoms with Crippen molar-refractivity contribution in [1.82, 2.24) is 9.55 Å². The van der Waals surface area contributed by atoms with Gasteiger partial charge >= 0.3 is 0 Å². The van der Waals surface area contributed by atoms with Crippen LogP contribution in [-0.4, -0.2) is 15.5 Å². The van der Waals surface area contributed by atoms with Crippen LogP contribution in [-0.2, 0) is 6.54 Å². The van der Waals surface area contributed by atoms with Gasteiger partial charge in [-0.05, 0) is 32.0 Å². The predicted molar refractivity (Wildman–Crippen MR) is 88.7 cm³/mol. The minimum absolute atomic E-state index is 0.0684. The number of aryl methyl sites for hydroxylation is 2. The van der Waals surface area contributed by atoms with E-state index in [1.54, 1.807) is 29.8 Å². The average molecular weight is 313 g/mol. The molecule has 1 amide bonds. The quantitative estimate of drug-likeness (QED) is 0.808. The second kappa shape index (κ2) is 5.73. The van der Waals surface area contributed by atoms with E-state index in [1.807, 2.05) is 19.9 Å². The third kappa shape index (κ3) is 2.53. The molecule has 1 N–H and O–H groups in total. The first-order valence-electron chi connectivity index (χ1n) is 6.95. The molecule has 1 aromatic carbocycles. The molecule has 0 aliphatic heterocycles. The van der Waals surface area contributed by atoms with Gasteiger partial charge in [0, 0.05) is 40.8 Å². The van der Waals surface area contributed by atoms with Gasteiger partial charge in [-0.15, -0.1) is 11.3 Å². The first-order chi connectivity index (χ1) is 10.6. The second-order valence-corrected chi connectivity index (χ2v) is 5.81. The summed E-state index contributed by atoms with van der Waals surface area (Å²) >= 11 is 1.35. The molecule has 112 valence electrons. The van der Waals surface area contributed by atoms with Gasteiger partial charge in [-0.25, -0.2) is 4.98 Å². The van der Waals surface area contributed by atoms with Gasteiger partial charge in [-0.1, -0.05) is 0 Å². The Kier molecular flexibility index (Phi) is 3.77. The summed E-state index contributed by atoms with van der Waals surface area (Å²) in [5, 5.41) is 5.61. The lowest BCUT2D eigenvalue weighted by atomic mass is 10.1. The van der Waals surface area contributed by atoms with Gasteiger partial charge in [0.1, 0.15) is 0 Å². The van der Waals surface area contributed by atoms with E-state index in [-0.39, 0.29) is 11.3 Å². The number of thiazole rings is 1. The Bertz CT molecular complexity index is 898. The van der Waals surface area contributed by atoms with E-state index in [2.05, 4.69) is 14.9 Å². The lowest BCUT2D eigenvalue weighted by molar-refractivity contribution is 0.102. The van der Waals surface area contributed by atoms with Crippen LogP contribution >= 0.6 is 11.3 Å². The normalized spacial score (nSPS) is 10.8. The average Bonchev–Trinajstić information content (AvgIpc) is 3.00. The lowest BCUT2D eigenvalue weighted by Crippen LogP contribution is -2.15. The van der Waals surface area contributed by atoms with Crippen molar-refractivity contribution >= 4 is 33.3 Å². The molecule has 0 unspecified atom stereocenters. The van der Waals surface area contributed by atoms with Crippen molar-refractivity contribution in [3.8, 4) is 0 Å². The van der Waals surface area contributed by atoms with Crippen molar-refractivity contribution in [3.05, 3.63) is 57.3 Å². The van der Waals surface area contributed by atoms with Crippen LogP contribution in [0.5, 0.6) is 0 Å². The number of nitrogens with zero attached hydrogens (tertiary/aromatic N) is 2. The summed E-state index contributed by atoms with van der Waals surface area (Å²) in [6.07, 6.45) is 1.63. The first-order valence-corrected chi connectivity index (χ1v) is 7.83. The zero-order valence-corrected chi connectivity index (χ0v) is 13.1. The Morgan fingerprint density at radius 3 is 2.86 bits per heavy atom. The van der Waals surface area contributed by atoms with Crippen LogP contribution in [0.25, 0.3) is 10.9 Å². The van der Waals surface area contributed by atoms with Crippen LogP contribution in [0, 0.1) is 6.92 Å². The van der Waals surface area contributed by atoms with E-state index in [1.165, 1.54) is 11.3 Å². The number of nitrogens with one attached hydrogen (secondary N) is 1. The third-order valence-electron chi connectivity index (χ3n) is 3.55. The predicted octanol–water partition coefficient (Wildman–Crippen LogP) is 3.04. The number of anilines is 1. The highest BCUT2D eigenvalue weighted by Gasteiger charge is 2.11. The van der Waals surface area contributed by atoms with Crippen LogP contribution < -0.4 is 10.7 Å². The molecular formula is C16H15N3O2S. The number of fused-ring (bicyclic) bond motifs is 1. The van der Waals surface area contributed by atoms with Crippen LogP contribution in [0.15, 0.2) is 40.6 Å². The van der Waals surface area contributed by atoms with Gasteiger partial charge < -0.3 is 4.57 Å². The summed E-state index contributed by atoms with van der Waals surface area (Å²) in [5.74, 6) is -0.264. The molecule has 0 fully saturated rings. The van der Waals surface area contributed by atoms with Crippen molar-refractivity contribution in [1.29, 1.82) is 0 Å². The molecule has 3 rings (SSSR count). The van der Waals surface area contributed by atoms with E-state index in [0.29, 0.717) is 16.1 Å². The maximum Gasteiger partial charge on any atom is 0.257 e. The summed E-state index contributed by atoms with van der Waals surface area (Å²) in [7, 11) is 0. The molecule has 22 heavy (non-hydrogen) atoms. The zero-order valence-electron chi connectivity index (χ0n) is 12.3. The van der Waals surface area contributed by atoms with Gasteiger partial charge in [0.25, 0.3) is 5.91 Å². The highest BCUT2D eigenvalue weighted by molar-refractivity contribution is 7.13. The molecule has 0 spiro atoms. The number of hydrogen-bond acceptors (Lipinski definition) is 4. The zero-order chi connectivity index (χ0) is 15.7. The van der Waals surface area contributed by atoms with E-state index in [9.17, 15) is 9.59 Å². The van der Waals surface area contributed by atoms with Crippen LogP contribution in [0.2, 0.25) is 0 Å². The van der Waals surface area contributed by atoms with Gasteiger partial charge in [0.2, 0.25) is 0 Å². The van der Waals surface area contributed by atoms with Crippen LogP contribution in [0.1, 0.15) is 23.0 Å². The molecule has 0 bridgehead atoms. The van der Waals surface area contributed by atoms with E-state index < -0.39 is 0 Å². The van der Waals surface area contributed by atoms with Gasteiger partial charge in [0.15, 0.2) is 10.6 Å². The monoisotopic (exact) mass is 313 g/mol. The number of pyridine rings is 1. The van der Waals surface area contributed by atoms with Crippen molar-refractivity contribution in [2.24, 2.45) is 0 Å². The van der Waals surface area contributed by atoms with Crippen molar-refractivity contribution in [2.75, 3.05) is 5.32 Å². The van der Waals surface area contributed by atoms with Crippen molar-refractivity contribution in [3.63, 3.8) is 0 Å². The molecule has 5 nitrogen and oxygen atoms in total. The fourth-order valence-electron chi connectivity index (χ4n) is 2.52. The lowest BCUT2D eigenvalue weighted by Gasteiger charge is -2.13. The molecule has 0 saturated carbocycles. The minimum Gasteiger partial charge on any atom is -0.345 e. The summed E-state index contributed by atoms with van der Waals surface area (Å²) in [4.78, 5) is 28.5. The van der Waals surface area contributed by atoms with E-state index >= 15 is 0 Å². The third-order valence-corrected chi connectivity index (χ3v) is 4.24.